The molecule has 4 nitrogen and oxygen atoms in total. The lowest BCUT2D eigenvalue weighted by Gasteiger charge is -2.21. The minimum Gasteiger partial charge on any atom is -0.491 e. The molecule has 0 aliphatic rings. The highest BCUT2D eigenvalue weighted by Gasteiger charge is 2.31. The maximum Gasteiger partial charge on any atom is 0.573 e. The predicted molar refractivity (Wildman–Crippen MR) is 107 cm³/mol. The van der Waals surface area contributed by atoms with E-state index in [1.807, 2.05) is 0 Å². The van der Waals surface area contributed by atoms with Crippen molar-refractivity contribution >= 4 is 0 Å². The first-order valence-corrected chi connectivity index (χ1v) is 9.89. The van der Waals surface area contributed by atoms with Gasteiger partial charge in [0.05, 0.1) is 6.10 Å². The quantitative estimate of drug-likeness (QED) is 0.284. The third-order valence-electron chi connectivity index (χ3n) is 4.65. The molecular weight excluding hydrogens is 440 g/mol. The summed E-state index contributed by atoms with van der Waals surface area (Å²) < 4.78 is 89.7. The SMILES string of the molecule is CN(CCC(COc1ccccc1CCc1cccc(OC(F)(F)F)c1)OCF)C(F)F. The van der Waals surface area contributed by atoms with Crippen LogP contribution in [0.15, 0.2) is 48.5 Å². The second-order valence-corrected chi connectivity index (χ2v) is 7.06. The highest BCUT2D eigenvalue weighted by atomic mass is 19.4. The molecule has 2 aromatic rings. The van der Waals surface area contributed by atoms with Gasteiger partial charge in [-0.25, -0.2) is 4.39 Å². The molecule has 1 atom stereocenters. The Bertz CT molecular complexity index is 818. The number of nitrogens with zero attached hydrogens (tertiary/aromatic N) is 1. The van der Waals surface area contributed by atoms with Crippen LogP contribution in [0.3, 0.4) is 0 Å². The monoisotopic (exact) mass is 465 g/mol. The maximum atomic E-state index is 12.7. The minimum atomic E-state index is -4.76. The fourth-order valence-electron chi connectivity index (χ4n) is 2.96. The largest absolute Gasteiger partial charge is 0.573 e. The number of benzene rings is 2. The molecule has 0 heterocycles. The highest BCUT2D eigenvalue weighted by Crippen LogP contribution is 2.25. The first kappa shape index (κ1) is 25.8. The van der Waals surface area contributed by atoms with Crippen molar-refractivity contribution in [1.82, 2.24) is 4.90 Å². The summed E-state index contributed by atoms with van der Waals surface area (Å²) in [6, 6.07) is 12.8. The number of hydrogen-bond donors (Lipinski definition) is 0. The summed E-state index contributed by atoms with van der Waals surface area (Å²) in [5.74, 6) is 0.212. The maximum absolute atomic E-state index is 12.7. The van der Waals surface area contributed by atoms with Crippen molar-refractivity contribution in [2.75, 3.05) is 27.1 Å². The average molecular weight is 465 g/mol. The molecule has 0 aromatic heterocycles. The minimum absolute atomic E-state index is 0.00365. The molecule has 0 saturated heterocycles. The fourth-order valence-corrected chi connectivity index (χ4v) is 2.96. The lowest BCUT2D eigenvalue weighted by atomic mass is 10.0. The lowest BCUT2D eigenvalue weighted by molar-refractivity contribution is -0.274. The van der Waals surface area contributed by atoms with Crippen LogP contribution in [0, 0.1) is 0 Å². The van der Waals surface area contributed by atoms with Crippen LogP contribution in [0.5, 0.6) is 11.5 Å². The van der Waals surface area contributed by atoms with E-state index in [-0.39, 0.29) is 25.3 Å². The standard InChI is InChI=1S/C22H25F6NO3/c1-29(21(24)25)12-11-19(31-15-23)14-30-20-8-3-2-6-17(20)10-9-16-5-4-7-18(13-16)32-22(26,27)28/h2-8,13,19,21H,9-12,14-15H2,1H3. The summed E-state index contributed by atoms with van der Waals surface area (Å²) in [6.07, 6.45) is -4.43. The number of hydrogen-bond acceptors (Lipinski definition) is 4. The molecule has 0 aliphatic heterocycles. The predicted octanol–water partition coefficient (Wildman–Crippen LogP) is 5.61. The summed E-state index contributed by atoms with van der Waals surface area (Å²) in [7, 11) is 1.25. The molecule has 2 rings (SSSR count). The van der Waals surface area contributed by atoms with Crippen LogP contribution in [0.4, 0.5) is 26.3 Å². The number of ether oxygens (including phenoxy) is 3. The summed E-state index contributed by atoms with van der Waals surface area (Å²) in [5.41, 5.74) is 1.44. The molecular formula is C22H25F6NO3. The van der Waals surface area contributed by atoms with Crippen LogP contribution in [-0.2, 0) is 17.6 Å². The van der Waals surface area contributed by atoms with E-state index in [0.29, 0.717) is 24.2 Å². The van der Waals surface area contributed by atoms with E-state index in [0.717, 1.165) is 10.5 Å². The number of para-hydroxylation sites is 1. The second kappa shape index (κ2) is 12.5. The first-order chi connectivity index (χ1) is 15.2. The van der Waals surface area contributed by atoms with Crippen molar-refractivity contribution in [2.45, 2.75) is 38.3 Å². The van der Waals surface area contributed by atoms with E-state index < -0.39 is 25.9 Å². The van der Waals surface area contributed by atoms with E-state index >= 15 is 0 Å². The van der Waals surface area contributed by atoms with Crippen molar-refractivity contribution in [2.24, 2.45) is 0 Å². The summed E-state index contributed by atoms with van der Waals surface area (Å²) in [4.78, 5) is 0.819. The molecule has 178 valence electrons. The van der Waals surface area contributed by atoms with Gasteiger partial charge in [0.1, 0.15) is 18.1 Å². The van der Waals surface area contributed by atoms with Gasteiger partial charge in [0.25, 0.3) is 6.55 Å². The second-order valence-electron chi connectivity index (χ2n) is 7.06. The highest BCUT2D eigenvalue weighted by molar-refractivity contribution is 5.35. The Kier molecular flexibility index (Phi) is 10.1. The van der Waals surface area contributed by atoms with E-state index in [4.69, 9.17) is 9.47 Å². The Balaban J connectivity index is 1.96. The van der Waals surface area contributed by atoms with E-state index in [1.54, 1.807) is 30.3 Å². The zero-order valence-electron chi connectivity index (χ0n) is 17.5. The van der Waals surface area contributed by atoms with Crippen LogP contribution in [-0.4, -0.2) is 51.0 Å². The summed E-state index contributed by atoms with van der Waals surface area (Å²) in [5, 5.41) is 0. The van der Waals surface area contributed by atoms with Gasteiger partial charge in [0, 0.05) is 6.54 Å². The first-order valence-electron chi connectivity index (χ1n) is 9.89. The van der Waals surface area contributed by atoms with E-state index in [9.17, 15) is 26.3 Å². The molecule has 0 amide bonds. The molecule has 10 heteroatoms. The van der Waals surface area contributed by atoms with E-state index in [2.05, 4.69) is 4.74 Å². The van der Waals surface area contributed by atoms with Gasteiger partial charge in [-0.15, -0.1) is 13.2 Å². The Morgan fingerprint density at radius 2 is 1.75 bits per heavy atom. The van der Waals surface area contributed by atoms with Gasteiger partial charge in [-0.1, -0.05) is 30.3 Å². The molecule has 0 spiro atoms. The van der Waals surface area contributed by atoms with Crippen LogP contribution in [0.2, 0.25) is 0 Å². The van der Waals surface area contributed by atoms with Crippen molar-refractivity contribution in [3.63, 3.8) is 0 Å². The Hall–Kier alpha value is -2.46. The third kappa shape index (κ3) is 9.35. The van der Waals surface area contributed by atoms with Gasteiger partial charge in [0.2, 0.25) is 0 Å². The molecule has 0 bridgehead atoms. The molecule has 32 heavy (non-hydrogen) atoms. The van der Waals surface area contributed by atoms with Crippen LogP contribution >= 0.6 is 0 Å². The zero-order chi connectivity index (χ0) is 23.6. The van der Waals surface area contributed by atoms with Crippen LogP contribution < -0.4 is 9.47 Å². The van der Waals surface area contributed by atoms with Gasteiger partial charge >= 0.3 is 6.36 Å². The smallest absolute Gasteiger partial charge is 0.491 e. The van der Waals surface area contributed by atoms with Gasteiger partial charge in [-0.05, 0) is 55.6 Å². The molecule has 0 radical (unpaired) electrons. The van der Waals surface area contributed by atoms with Gasteiger partial charge in [0.15, 0.2) is 6.86 Å². The van der Waals surface area contributed by atoms with Gasteiger partial charge in [-0.2, -0.15) is 8.78 Å². The molecule has 0 fully saturated rings. The van der Waals surface area contributed by atoms with Crippen LogP contribution in [0.25, 0.3) is 0 Å². The molecule has 0 saturated carbocycles. The Morgan fingerprint density at radius 3 is 2.44 bits per heavy atom. The topological polar surface area (TPSA) is 30.9 Å². The van der Waals surface area contributed by atoms with Crippen molar-refractivity contribution in [1.29, 1.82) is 0 Å². The number of aryl methyl sites for hydroxylation is 2. The van der Waals surface area contributed by atoms with Gasteiger partial charge < -0.3 is 14.2 Å². The Labute approximate surface area is 182 Å². The van der Waals surface area contributed by atoms with Gasteiger partial charge in [-0.3, -0.25) is 4.90 Å². The van der Waals surface area contributed by atoms with Crippen molar-refractivity contribution < 1.29 is 40.6 Å². The number of rotatable bonds is 13. The fraction of sp³-hybridized carbons (Fsp3) is 0.455. The molecule has 2 aromatic carbocycles. The molecule has 0 N–H and O–H groups in total. The lowest BCUT2D eigenvalue weighted by Crippen LogP contribution is -2.31. The van der Waals surface area contributed by atoms with Crippen LogP contribution in [0.1, 0.15) is 17.5 Å². The summed E-state index contributed by atoms with van der Waals surface area (Å²) >= 11 is 0. The number of halogens is 6. The number of alkyl halides is 6. The Morgan fingerprint density at radius 1 is 1.00 bits per heavy atom. The molecule has 1 unspecified atom stereocenters. The normalized spacial score (nSPS) is 12.9. The van der Waals surface area contributed by atoms with Crippen molar-refractivity contribution in [3.05, 3.63) is 59.7 Å². The van der Waals surface area contributed by atoms with E-state index in [1.165, 1.54) is 25.2 Å². The van der Waals surface area contributed by atoms with Crippen molar-refractivity contribution in [3.8, 4) is 11.5 Å². The average Bonchev–Trinajstić information content (AvgIpc) is 2.73. The zero-order valence-corrected chi connectivity index (χ0v) is 17.5. The third-order valence-corrected chi connectivity index (χ3v) is 4.65. The molecule has 0 aliphatic carbocycles. The summed E-state index contributed by atoms with van der Waals surface area (Å²) in [6.45, 7) is -3.72.